The van der Waals surface area contributed by atoms with Crippen molar-refractivity contribution in [3.63, 3.8) is 0 Å². The summed E-state index contributed by atoms with van der Waals surface area (Å²) < 4.78 is 11.5. The normalized spacial score (nSPS) is 12.7. The first-order valence-electron chi connectivity index (χ1n) is 8.23. The zero-order valence-electron chi connectivity index (χ0n) is 14.6. The van der Waals surface area contributed by atoms with Crippen LogP contribution < -0.4 is 14.8 Å². The van der Waals surface area contributed by atoms with Crippen molar-refractivity contribution in [1.29, 1.82) is 0 Å². The van der Waals surface area contributed by atoms with Crippen molar-refractivity contribution < 1.29 is 19.2 Å². The number of non-ortho nitro benzene ring substituents is 1. The molecule has 3 rings (SSSR count). The Hall–Kier alpha value is -2.65. The van der Waals surface area contributed by atoms with Gasteiger partial charge >= 0.3 is 0 Å². The van der Waals surface area contributed by atoms with Crippen LogP contribution in [0, 0.1) is 10.1 Å². The number of likely N-dealkylation sites (N-methyl/N-ethyl adjacent to an activating group) is 1. The van der Waals surface area contributed by atoms with Gasteiger partial charge in [0.15, 0.2) is 11.5 Å². The van der Waals surface area contributed by atoms with Crippen LogP contribution in [0.3, 0.4) is 0 Å². The second-order valence-electron chi connectivity index (χ2n) is 6.12. The Morgan fingerprint density at radius 1 is 1.22 bits per heavy atom. The topological polar surface area (TPSA) is 93.9 Å². The van der Waals surface area contributed by atoms with Gasteiger partial charge in [-0.15, -0.1) is 0 Å². The fourth-order valence-electron chi connectivity index (χ4n) is 2.71. The average Bonchev–Trinajstić information content (AvgIpc) is 2.63. The molecule has 2 aromatic rings. The van der Waals surface area contributed by atoms with Gasteiger partial charge in [-0.25, -0.2) is 0 Å². The van der Waals surface area contributed by atoms with E-state index in [0.717, 1.165) is 11.3 Å². The summed E-state index contributed by atoms with van der Waals surface area (Å²) in [6.45, 7) is 1.80. The van der Waals surface area contributed by atoms with E-state index in [1.165, 1.54) is 18.2 Å². The Bertz CT molecular complexity index is 874. The van der Waals surface area contributed by atoms with E-state index in [0.29, 0.717) is 35.7 Å². The van der Waals surface area contributed by atoms with E-state index in [-0.39, 0.29) is 18.1 Å². The molecule has 0 bridgehead atoms. The average molecular weight is 436 g/mol. The number of carbonyl (C=O) groups excluding carboxylic acids is 1. The number of nitrogens with zero attached hydrogens (tertiary/aromatic N) is 2. The number of halogens is 1. The van der Waals surface area contributed by atoms with Crippen molar-refractivity contribution in [2.24, 2.45) is 0 Å². The third-order valence-corrected chi connectivity index (χ3v) is 4.57. The molecule has 0 radical (unpaired) electrons. The van der Waals surface area contributed by atoms with E-state index in [1.807, 2.05) is 30.1 Å². The van der Waals surface area contributed by atoms with Gasteiger partial charge in [-0.05, 0) is 46.7 Å². The molecule has 0 saturated heterocycles. The second-order valence-corrected chi connectivity index (χ2v) is 6.97. The maximum atomic E-state index is 12.3. The van der Waals surface area contributed by atoms with Crippen LogP contribution in [0.25, 0.3) is 0 Å². The van der Waals surface area contributed by atoms with Crippen LogP contribution in [-0.2, 0) is 11.3 Å². The summed E-state index contributed by atoms with van der Waals surface area (Å²) in [6.07, 6.45) is 0. The molecular weight excluding hydrogens is 418 g/mol. The SMILES string of the molecule is CN(CC(=O)Nc1ccc([N+](=O)[O-])cc1Br)Cc1ccc2c(c1)OCCO2. The number of nitro benzene ring substituents is 1. The fourth-order valence-corrected chi connectivity index (χ4v) is 3.17. The van der Waals surface area contributed by atoms with Gasteiger partial charge in [0.1, 0.15) is 13.2 Å². The Kier molecular flexibility index (Phi) is 5.92. The lowest BCUT2D eigenvalue weighted by atomic mass is 10.2. The molecule has 0 unspecified atom stereocenters. The number of nitro groups is 1. The molecular formula is C18H18BrN3O5. The molecule has 1 aliphatic rings. The van der Waals surface area contributed by atoms with Crippen molar-refractivity contribution >= 4 is 33.2 Å². The van der Waals surface area contributed by atoms with Gasteiger partial charge in [-0.3, -0.25) is 19.8 Å². The second kappa shape index (κ2) is 8.36. The Morgan fingerprint density at radius 3 is 2.67 bits per heavy atom. The minimum atomic E-state index is -0.489. The molecule has 1 amide bonds. The van der Waals surface area contributed by atoms with E-state index in [4.69, 9.17) is 9.47 Å². The number of anilines is 1. The van der Waals surface area contributed by atoms with Crippen molar-refractivity contribution in [2.45, 2.75) is 6.54 Å². The van der Waals surface area contributed by atoms with Gasteiger partial charge in [0.2, 0.25) is 5.91 Å². The summed E-state index contributed by atoms with van der Waals surface area (Å²) in [5, 5.41) is 13.5. The van der Waals surface area contributed by atoms with Crippen LogP contribution in [-0.4, -0.2) is 42.5 Å². The van der Waals surface area contributed by atoms with Crippen molar-refractivity contribution in [3.05, 3.63) is 56.5 Å². The van der Waals surface area contributed by atoms with Gasteiger partial charge in [0.05, 0.1) is 17.2 Å². The third-order valence-electron chi connectivity index (χ3n) is 3.91. The Balaban J connectivity index is 1.57. The summed E-state index contributed by atoms with van der Waals surface area (Å²) >= 11 is 3.24. The number of benzene rings is 2. The van der Waals surface area contributed by atoms with E-state index >= 15 is 0 Å². The van der Waals surface area contributed by atoms with Gasteiger partial charge < -0.3 is 14.8 Å². The highest BCUT2D eigenvalue weighted by molar-refractivity contribution is 9.10. The molecule has 0 saturated carbocycles. The van der Waals surface area contributed by atoms with E-state index in [2.05, 4.69) is 21.2 Å². The van der Waals surface area contributed by atoms with Crippen molar-refractivity contribution in [1.82, 2.24) is 4.90 Å². The lowest BCUT2D eigenvalue weighted by Gasteiger charge is -2.21. The highest BCUT2D eigenvalue weighted by atomic mass is 79.9. The number of rotatable bonds is 6. The first-order chi connectivity index (χ1) is 12.9. The number of hydrogen-bond acceptors (Lipinski definition) is 6. The molecule has 142 valence electrons. The standard InChI is InChI=1S/C18H18BrN3O5/c1-21(10-12-2-5-16-17(8-12)27-7-6-26-16)11-18(23)20-15-4-3-13(22(24)25)9-14(15)19/h2-5,8-9H,6-7,10-11H2,1H3,(H,20,23). The summed E-state index contributed by atoms with van der Waals surface area (Å²) in [6, 6.07) is 9.92. The molecule has 2 aromatic carbocycles. The van der Waals surface area contributed by atoms with E-state index < -0.39 is 4.92 Å². The van der Waals surface area contributed by atoms with Crippen LogP contribution in [0.2, 0.25) is 0 Å². The lowest BCUT2D eigenvalue weighted by Crippen LogP contribution is -2.30. The number of amides is 1. The predicted octanol–water partition coefficient (Wildman–Crippen LogP) is 3.20. The number of hydrogen-bond donors (Lipinski definition) is 1. The van der Waals surface area contributed by atoms with Gasteiger partial charge in [0, 0.05) is 23.2 Å². The van der Waals surface area contributed by atoms with Crippen LogP contribution in [0.15, 0.2) is 40.9 Å². The van der Waals surface area contributed by atoms with Gasteiger partial charge in [-0.1, -0.05) is 6.07 Å². The van der Waals surface area contributed by atoms with Gasteiger partial charge in [0.25, 0.3) is 5.69 Å². The third kappa shape index (κ3) is 4.95. The zero-order valence-corrected chi connectivity index (χ0v) is 16.2. The van der Waals surface area contributed by atoms with Crippen molar-refractivity contribution in [3.8, 4) is 11.5 Å². The molecule has 8 nitrogen and oxygen atoms in total. The molecule has 0 spiro atoms. The molecule has 0 atom stereocenters. The van der Waals surface area contributed by atoms with Crippen LogP contribution in [0.1, 0.15) is 5.56 Å². The Morgan fingerprint density at radius 2 is 1.96 bits per heavy atom. The lowest BCUT2D eigenvalue weighted by molar-refractivity contribution is -0.384. The first kappa shape index (κ1) is 19.1. The molecule has 27 heavy (non-hydrogen) atoms. The maximum Gasteiger partial charge on any atom is 0.270 e. The van der Waals surface area contributed by atoms with Crippen LogP contribution in [0.5, 0.6) is 11.5 Å². The summed E-state index contributed by atoms with van der Waals surface area (Å²) in [4.78, 5) is 24.4. The molecule has 0 aromatic heterocycles. The largest absolute Gasteiger partial charge is 0.486 e. The highest BCUT2D eigenvalue weighted by Crippen LogP contribution is 2.31. The first-order valence-corrected chi connectivity index (χ1v) is 9.02. The fraction of sp³-hybridized carbons (Fsp3) is 0.278. The van der Waals surface area contributed by atoms with E-state index in [1.54, 1.807) is 0 Å². The minimum Gasteiger partial charge on any atom is -0.486 e. The molecule has 0 fully saturated rings. The zero-order chi connectivity index (χ0) is 19.4. The predicted molar refractivity (Wildman–Crippen MR) is 103 cm³/mol. The van der Waals surface area contributed by atoms with Crippen molar-refractivity contribution in [2.75, 3.05) is 32.1 Å². The number of nitrogens with one attached hydrogen (secondary N) is 1. The number of fused-ring (bicyclic) bond motifs is 1. The monoisotopic (exact) mass is 435 g/mol. The van der Waals surface area contributed by atoms with Crippen LogP contribution in [0.4, 0.5) is 11.4 Å². The van der Waals surface area contributed by atoms with Crippen LogP contribution >= 0.6 is 15.9 Å². The number of ether oxygens (including phenoxy) is 2. The molecule has 0 aliphatic carbocycles. The Labute approximate surface area is 164 Å². The molecule has 9 heteroatoms. The summed E-state index contributed by atoms with van der Waals surface area (Å²) in [5.74, 6) is 1.23. The minimum absolute atomic E-state index is 0.0457. The molecule has 1 N–H and O–H groups in total. The quantitative estimate of drug-likeness (QED) is 0.552. The van der Waals surface area contributed by atoms with E-state index in [9.17, 15) is 14.9 Å². The highest BCUT2D eigenvalue weighted by Gasteiger charge is 2.15. The molecule has 1 heterocycles. The smallest absolute Gasteiger partial charge is 0.270 e. The summed E-state index contributed by atoms with van der Waals surface area (Å²) in [5.41, 5.74) is 1.44. The van der Waals surface area contributed by atoms with Gasteiger partial charge in [-0.2, -0.15) is 0 Å². The maximum absolute atomic E-state index is 12.3. The summed E-state index contributed by atoms with van der Waals surface area (Å²) in [7, 11) is 1.83. The number of carbonyl (C=O) groups is 1. The molecule has 1 aliphatic heterocycles.